The zero-order valence-electron chi connectivity index (χ0n) is 19.5. The molecule has 1 atom stereocenters. The number of carbonyl (C=O) groups is 2. The summed E-state index contributed by atoms with van der Waals surface area (Å²) in [4.78, 5) is 35.3. The Balaban J connectivity index is 1.68. The summed E-state index contributed by atoms with van der Waals surface area (Å²) in [6.45, 7) is 9.71. The number of rotatable bonds is 7. The molecule has 1 aromatic rings. The lowest BCUT2D eigenvalue weighted by molar-refractivity contribution is -0.123. The predicted molar refractivity (Wildman–Crippen MR) is 123 cm³/mol. The van der Waals surface area contributed by atoms with Crippen LogP contribution in [0, 0.1) is 11.3 Å². The monoisotopic (exact) mass is 456 g/mol. The van der Waals surface area contributed by atoms with Gasteiger partial charge >= 0.3 is 6.03 Å². The number of amides is 3. The maximum Gasteiger partial charge on any atom is 0.325 e. The van der Waals surface area contributed by atoms with E-state index in [-0.39, 0.29) is 18.0 Å². The van der Waals surface area contributed by atoms with E-state index >= 15 is 0 Å². The van der Waals surface area contributed by atoms with Crippen LogP contribution in [0.5, 0.6) is 5.75 Å². The summed E-state index contributed by atoms with van der Waals surface area (Å²) in [6.07, 6.45) is -1.25. The maximum atomic E-state index is 13.3. The van der Waals surface area contributed by atoms with Crippen LogP contribution >= 0.6 is 0 Å². The third-order valence-corrected chi connectivity index (χ3v) is 5.52. The Morgan fingerprint density at radius 2 is 1.97 bits per heavy atom. The number of benzene rings is 1. The summed E-state index contributed by atoms with van der Waals surface area (Å²) in [5, 5.41) is 21.8. The summed E-state index contributed by atoms with van der Waals surface area (Å²) < 4.78 is 5.74. The van der Waals surface area contributed by atoms with Gasteiger partial charge in [-0.3, -0.25) is 19.6 Å². The van der Waals surface area contributed by atoms with Crippen LogP contribution in [0.2, 0.25) is 0 Å². The Bertz CT molecular complexity index is 933. The first-order valence-corrected chi connectivity index (χ1v) is 11.3. The largest absolute Gasteiger partial charge is 0.493 e. The third kappa shape index (κ3) is 6.00. The van der Waals surface area contributed by atoms with Crippen LogP contribution in [0.3, 0.4) is 0 Å². The highest BCUT2D eigenvalue weighted by atomic mass is 16.5. The maximum absolute atomic E-state index is 13.3. The van der Waals surface area contributed by atoms with Gasteiger partial charge < -0.3 is 20.1 Å². The molecule has 2 aliphatic rings. The Kier molecular flexibility index (Phi) is 8.25. The number of carbonyl (C=O) groups excluding carboxylic acids is 2. The first-order valence-electron chi connectivity index (χ1n) is 11.3. The van der Waals surface area contributed by atoms with Gasteiger partial charge in [-0.25, -0.2) is 4.79 Å². The molecule has 0 bridgehead atoms. The van der Waals surface area contributed by atoms with E-state index in [9.17, 15) is 14.7 Å². The number of hydrogen-bond acceptors (Lipinski definition) is 7. The normalized spacial score (nSPS) is 17.5. The lowest BCUT2D eigenvalue weighted by Crippen LogP contribution is -2.55. The molecule has 0 saturated carbocycles. The number of aliphatic hydroxyl groups excluding tert-OH is 1. The number of nitrogens with one attached hydrogen (secondary N) is 1. The summed E-state index contributed by atoms with van der Waals surface area (Å²) in [7, 11) is 0. The number of nitrogens with zero attached hydrogens (tertiary/aromatic N) is 5. The number of urea groups is 1. The van der Waals surface area contributed by atoms with Gasteiger partial charge in [-0.05, 0) is 38.5 Å². The van der Waals surface area contributed by atoms with E-state index in [0.29, 0.717) is 75.1 Å². The second-order valence-electron chi connectivity index (χ2n) is 8.35. The molecule has 3 amide bonds. The van der Waals surface area contributed by atoms with Gasteiger partial charge in [0, 0.05) is 38.8 Å². The quantitative estimate of drug-likeness (QED) is 0.590. The molecule has 2 heterocycles. The molecule has 0 spiro atoms. The van der Waals surface area contributed by atoms with Gasteiger partial charge in [0.2, 0.25) is 5.91 Å². The molecular weight excluding hydrogens is 424 g/mol. The second kappa shape index (κ2) is 11.1. The molecule has 10 nitrogen and oxygen atoms in total. The van der Waals surface area contributed by atoms with Crippen molar-refractivity contribution in [3.05, 3.63) is 29.3 Å². The van der Waals surface area contributed by atoms with E-state index in [1.165, 1.54) is 0 Å². The lowest BCUT2D eigenvalue weighted by atomic mass is 10.1. The fourth-order valence-electron chi connectivity index (χ4n) is 3.95. The standard InChI is InChI=1S/C23H32N6O4/c1-4-33-20-13-17(19(30)14-24)5-6-18(20)22-25-7-8-29(22)23(32)28-11-9-27(10-12-28)15-21(31)26-16(2)3/h5-6,13,16,19,30H,4,7-12,15H2,1-3H3,(H,26,31). The van der Waals surface area contributed by atoms with E-state index in [1.54, 1.807) is 34.1 Å². The number of nitriles is 1. The van der Waals surface area contributed by atoms with Crippen LogP contribution < -0.4 is 10.1 Å². The molecule has 10 heteroatoms. The van der Waals surface area contributed by atoms with Crippen molar-refractivity contribution in [2.75, 3.05) is 52.4 Å². The molecule has 178 valence electrons. The molecule has 0 aliphatic carbocycles. The van der Waals surface area contributed by atoms with Gasteiger partial charge in [0.15, 0.2) is 6.10 Å². The zero-order chi connectivity index (χ0) is 24.0. The van der Waals surface area contributed by atoms with Crippen molar-refractivity contribution in [1.29, 1.82) is 5.26 Å². The fraction of sp³-hybridized carbons (Fsp3) is 0.565. The Labute approximate surface area is 194 Å². The van der Waals surface area contributed by atoms with Crippen LogP contribution in [0.1, 0.15) is 38.0 Å². The van der Waals surface area contributed by atoms with Gasteiger partial charge in [-0.15, -0.1) is 0 Å². The van der Waals surface area contributed by atoms with Gasteiger partial charge in [0.05, 0.1) is 31.3 Å². The van der Waals surface area contributed by atoms with Crippen molar-refractivity contribution in [1.82, 2.24) is 20.0 Å². The number of aliphatic imine (C=N–C) groups is 1. The van der Waals surface area contributed by atoms with E-state index in [1.807, 2.05) is 25.7 Å². The SMILES string of the molecule is CCOc1cc(C(O)C#N)ccc1C1=NCCN1C(=O)N1CCN(CC(=O)NC(C)C)CC1. The summed E-state index contributed by atoms with van der Waals surface area (Å²) >= 11 is 0. The second-order valence-corrected chi connectivity index (χ2v) is 8.35. The van der Waals surface area contributed by atoms with E-state index in [4.69, 9.17) is 10.00 Å². The number of hydrogen-bond donors (Lipinski definition) is 2. The van der Waals surface area contributed by atoms with Crippen LogP contribution in [0.15, 0.2) is 23.2 Å². The highest BCUT2D eigenvalue weighted by Gasteiger charge is 2.32. The number of amidine groups is 1. The molecule has 2 aliphatic heterocycles. The van der Waals surface area contributed by atoms with Crippen molar-refractivity contribution in [3.63, 3.8) is 0 Å². The fourth-order valence-corrected chi connectivity index (χ4v) is 3.95. The van der Waals surface area contributed by atoms with E-state index in [0.717, 1.165) is 0 Å². The van der Waals surface area contributed by atoms with E-state index < -0.39 is 6.10 Å². The van der Waals surface area contributed by atoms with Gasteiger partial charge in [0.1, 0.15) is 11.6 Å². The minimum atomic E-state index is -1.25. The van der Waals surface area contributed by atoms with Crippen LogP contribution in [0.4, 0.5) is 4.79 Å². The average molecular weight is 457 g/mol. The summed E-state index contributed by atoms with van der Waals surface area (Å²) in [5.74, 6) is 0.996. The highest BCUT2D eigenvalue weighted by Crippen LogP contribution is 2.27. The zero-order valence-corrected chi connectivity index (χ0v) is 19.5. The van der Waals surface area contributed by atoms with Crippen molar-refractivity contribution in [3.8, 4) is 11.8 Å². The topological polar surface area (TPSA) is 121 Å². The minimum absolute atomic E-state index is 0.00726. The number of aliphatic hydroxyl groups is 1. The average Bonchev–Trinajstić information content (AvgIpc) is 3.28. The summed E-state index contributed by atoms with van der Waals surface area (Å²) in [5.41, 5.74) is 1.08. The number of piperazine rings is 1. The highest BCUT2D eigenvalue weighted by molar-refractivity contribution is 6.10. The molecule has 0 aromatic heterocycles. The Morgan fingerprint density at radius 1 is 1.24 bits per heavy atom. The third-order valence-electron chi connectivity index (χ3n) is 5.52. The van der Waals surface area contributed by atoms with Crippen molar-refractivity contribution in [2.45, 2.75) is 32.9 Å². The Hall–Kier alpha value is -3.16. The predicted octanol–water partition coefficient (Wildman–Crippen LogP) is 0.967. The first kappa shape index (κ1) is 24.5. The molecule has 1 aromatic carbocycles. The van der Waals surface area contributed by atoms with Gasteiger partial charge in [-0.1, -0.05) is 6.07 Å². The van der Waals surface area contributed by atoms with Crippen molar-refractivity contribution in [2.24, 2.45) is 4.99 Å². The van der Waals surface area contributed by atoms with Gasteiger partial charge in [0.25, 0.3) is 0 Å². The van der Waals surface area contributed by atoms with Crippen LogP contribution in [-0.2, 0) is 4.79 Å². The van der Waals surface area contributed by atoms with Crippen LogP contribution in [-0.4, -0.2) is 96.0 Å². The molecule has 1 fully saturated rings. The molecule has 3 rings (SSSR count). The Morgan fingerprint density at radius 3 is 2.61 bits per heavy atom. The minimum Gasteiger partial charge on any atom is -0.493 e. The van der Waals surface area contributed by atoms with Crippen molar-refractivity contribution < 1.29 is 19.4 Å². The molecule has 1 saturated heterocycles. The molecular formula is C23H32N6O4. The van der Waals surface area contributed by atoms with Crippen LogP contribution in [0.25, 0.3) is 0 Å². The first-order chi connectivity index (χ1) is 15.8. The molecule has 33 heavy (non-hydrogen) atoms. The number of ether oxygens (including phenoxy) is 1. The lowest BCUT2D eigenvalue weighted by Gasteiger charge is -2.36. The smallest absolute Gasteiger partial charge is 0.325 e. The molecule has 1 unspecified atom stereocenters. The van der Waals surface area contributed by atoms with Gasteiger partial charge in [-0.2, -0.15) is 5.26 Å². The van der Waals surface area contributed by atoms with E-state index in [2.05, 4.69) is 10.3 Å². The summed E-state index contributed by atoms with van der Waals surface area (Å²) in [6, 6.07) is 6.79. The molecule has 0 radical (unpaired) electrons. The van der Waals surface area contributed by atoms with Crippen molar-refractivity contribution >= 4 is 17.8 Å². The molecule has 2 N–H and O–H groups in total.